The summed E-state index contributed by atoms with van der Waals surface area (Å²) >= 11 is 0. The van der Waals surface area contributed by atoms with Gasteiger partial charge in [0.1, 0.15) is 5.69 Å². The third-order valence-corrected chi connectivity index (χ3v) is 3.47. The van der Waals surface area contributed by atoms with E-state index in [4.69, 9.17) is 5.90 Å². The number of nitrogens with two attached hydrogens (primary N) is 1. The van der Waals surface area contributed by atoms with Crippen LogP contribution in [0.15, 0.2) is 40.6 Å². The second-order valence-corrected chi connectivity index (χ2v) is 5.55. The van der Waals surface area contributed by atoms with Gasteiger partial charge in [-0.2, -0.15) is 10.1 Å². The fourth-order valence-corrected chi connectivity index (χ4v) is 2.18. The lowest BCUT2D eigenvalue weighted by Gasteiger charge is -2.29. The zero-order valence-corrected chi connectivity index (χ0v) is 12.8. The molecule has 2 N–H and O–H groups in total. The Morgan fingerprint density at radius 1 is 1.29 bits per heavy atom. The van der Waals surface area contributed by atoms with Crippen LogP contribution in [0.5, 0.6) is 0 Å². The minimum absolute atomic E-state index is 0.573. The molecule has 0 aromatic heterocycles. The topological polar surface area (TPSA) is 63.2 Å². The molecule has 0 bridgehead atoms. The standard InChI is InChI=1S/C15H22N5O/c1-19-10-9-17-15(18-19)13-5-7-14(8-6-13)20(2,3)11-4-12-21-16/h5-8,10H,4,11-12,16H2,1-3H3/q+1. The smallest absolute Gasteiger partial charge is 0.188 e. The van der Waals surface area contributed by atoms with Crippen LogP contribution in [0.4, 0.5) is 5.69 Å². The Balaban J connectivity index is 2.12. The SMILES string of the molecule is CN1C=C=NC(c2ccc([N+](C)(C)CCCON)cc2)=N1. The summed E-state index contributed by atoms with van der Waals surface area (Å²) in [5.41, 5.74) is 2.21. The van der Waals surface area contributed by atoms with Gasteiger partial charge in [0.2, 0.25) is 0 Å². The van der Waals surface area contributed by atoms with Gasteiger partial charge in [0.05, 0.1) is 33.4 Å². The highest BCUT2D eigenvalue weighted by Crippen LogP contribution is 2.20. The molecule has 1 heterocycles. The molecule has 0 radical (unpaired) electrons. The summed E-state index contributed by atoms with van der Waals surface area (Å²) in [6.07, 6.45) is 2.61. The molecular formula is C15H22N5O+. The van der Waals surface area contributed by atoms with E-state index in [0.717, 1.165) is 23.0 Å². The van der Waals surface area contributed by atoms with E-state index in [9.17, 15) is 0 Å². The van der Waals surface area contributed by atoms with E-state index in [-0.39, 0.29) is 0 Å². The Labute approximate surface area is 125 Å². The van der Waals surface area contributed by atoms with Crippen molar-refractivity contribution in [1.82, 2.24) is 9.49 Å². The van der Waals surface area contributed by atoms with E-state index < -0.39 is 0 Å². The minimum atomic E-state index is 0.573. The monoisotopic (exact) mass is 288 g/mol. The predicted octanol–water partition coefficient (Wildman–Crippen LogP) is 1.32. The molecule has 1 aliphatic heterocycles. The molecule has 1 aromatic carbocycles. The molecule has 6 nitrogen and oxygen atoms in total. The molecule has 0 saturated carbocycles. The van der Waals surface area contributed by atoms with E-state index in [0.29, 0.717) is 12.4 Å². The summed E-state index contributed by atoms with van der Waals surface area (Å²) in [6, 6.07) is 8.29. The van der Waals surface area contributed by atoms with Crippen molar-refractivity contribution in [3.63, 3.8) is 0 Å². The minimum Gasteiger partial charge on any atom is -0.304 e. The van der Waals surface area contributed by atoms with Crippen molar-refractivity contribution in [2.24, 2.45) is 16.0 Å². The van der Waals surface area contributed by atoms with Crippen LogP contribution < -0.4 is 10.4 Å². The molecule has 21 heavy (non-hydrogen) atoms. The Kier molecular flexibility index (Phi) is 4.88. The highest BCUT2D eigenvalue weighted by Gasteiger charge is 2.18. The second kappa shape index (κ2) is 6.65. The van der Waals surface area contributed by atoms with Crippen LogP contribution in [0.1, 0.15) is 12.0 Å². The first-order valence-corrected chi connectivity index (χ1v) is 6.89. The summed E-state index contributed by atoms with van der Waals surface area (Å²) in [6.45, 7) is 1.53. The third-order valence-electron chi connectivity index (χ3n) is 3.47. The predicted molar refractivity (Wildman–Crippen MR) is 86.0 cm³/mol. The van der Waals surface area contributed by atoms with Crippen LogP contribution in [0.25, 0.3) is 0 Å². The zero-order valence-electron chi connectivity index (χ0n) is 12.8. The van der Waals surface area contributed by atoms with Gasteiger partial charge < -0.3 is 4.84 Å². The second-order valence-electron chi connectivity index (χ2n) is 5.55. The lowest BCUT2D eigenvalue weighted by Crippen LogP contribution is -2.41. The van der Waals surface area contributed by atoms with Crippen LogP contribution in [0.3, 0.4) is 0 Å². The maximum atomic E-state index is 5.07. The summed E-state index contributed by atoms with van der Waals surface area (Å²) < 4.78 is 0.777. The molecule has 112 valence electrons. The summed E-state index contributed by atoms with van der Waals surface area (Å²) in [7, 11) is 6.19. The molecule has 1 aromatic rings. The highest BCUT2D eigenvalue weighted by atomic mass is 16.6. The first kappa shape index (κ1) is 15.4. The first-order valence-electron chi connectivity index (χ1n) is 6.89. The van der Waals surface area contributed by atoms with Gasteiger partial charge in [-0.3, -0.25) is 9.49 Å². The molecule has 0 aliphatic carbocycles. The fraction of sp³-hybridized carbons (Fsp3) is 0.400. The molecule has 1 aliphatic rings. The van der Waals surface area contributed by atoms with Gasteiger partial charge >= 0.3 is 0 Å². The number of aliphatic imine (C=N–C) groups is 1. The van der Waals surface area contributed by atoms with Crippen molar-refractivity contribution >= 4 is 17.4 Å². The molecule has 6 heteroatoms. The maximum absolute atomic E-state index is 5.07. The summed E-state index contributed by atoms with van der Waals surface area (Å²) in [4.78, 5) is 8.80. The first-order chi connectivity index (χ1) is 10.0. The van der Waals surface area contributed by atoms with Crippen molar-refractivity contribution < 1.29 is 4.84 Å². The third kappa shape index (κ3) is 4.00. The summed E-state index contributed by atoms with van der Waals surface area (Å²) in [5.74, 6) is 8.57. The number of rotatable bonds is 6. The van der Waals surface area contributed by atoms with Crippen LogP contribution >= 0.6 is 0 Å². The molecule has 0 amide bonds. The van der Waals surface area contributed by atoms with Gasteiger partial charge in [-0.1, -0.05) is 0 Å². The fourth-order valence-electron chi connectivity index (χ4n) is 2.18. The number of amidine groups is 1. The van der Waals surface area contributed by atoms with Crippen molar-refractivity contribution in [2.45, 2.75) is 6.42 Å². The van der Waals surface area contributed by atoms with Crippen LogP contribution in [0, 0.1) is 0 Å². The molecular weight excluding hydrogens is 266 g/mol. The largest absolute Gasteiger partial charge is 0.304 e. The van der Waals surface area contributed by atoms with Gasteiger partial charge in [0.15, 0.2) is 5.84 Å². The Bertz CT molecular complexity index is 570. The number of nitrogens with zero attached hydrogens (tertiary/aromatic N) is 4. The lowest BCUT2D eigenvalue weighted by molar-refractivity contribution is 0.129. The lowest BCUT2D eigenvalue weighted by atomic mass is 10.1. The van der Waals surface area contributed by atoms with E-state index in [1.165, 1.54) is 5.69 Å². The van der Waals surface area contributed by atoms with E-state index in [1.807, 2.05) is 19.2 Å². The van der Waals surface area contributed by atoms with Crippen molar-refractivity contribution in [3.8, 4) is 0 Å². The normalized spacial score (nSPS) is 14.5. The van der Waals surface area contributed by atoms with Gasteiger partial charge in [-0.25, -0.2) is 5.90 Å². The molecule has 0 spiro atoms. The number of hydrazone groups is 1. The van der Waals surface area contributed by atoms with E-state index >= 15 is 0 Å². The van der Waals surface area contributed by atoms with E-state index in [1.54, 1.807) is 11.2 Å². The van der Waals surface area contributed by atoms with Crippen molar-refractivity contribution in [1.29, 1.82) is 0 Å². The van der Waals surface area contributed by atoms with Crippen molar-refractivity contribution in [3.05, 3.63) is 36.0 Å². The molecule has 0 unspecified atom stereocenters. The average Bonchev–Trinajstić information content (AvgIpc) is 2.47. The van der Waals surface area contributed by atoms with Crippen LogP contribution in [-0.4, -0.2) is 51.0 Å². The van der Waals surface area contributed by atoms with E-state index in [2.05, 4.69) is 47.0 Å². The Morgan fingerprint density at radius 3 is 2.62 bits per heavy atom. The highest BCUT2D eigenvalue weighted by molar-refractivity contribution is 6.03. The number of quaternary nitrogens is 1. The quantitative estimate of drug-likeness (QED) is 0.488. The van der Waals surface area contributed by atoms with Crippen LogP contribution in [-0.2, 0) is 4.84 Å². The zero-order chi connectivity index (χ0) is 15.3. The van der Waals surface area contributed by atoms with Gasteiger partial charge in [-0.05, 0) is 24.3 Å². The number of benzene rings is 1. The molecule has 2 rings (SSSR count). The van der Waals surface area contributed by atoms with Crippen molar-refractivity contribution in [2.75, 3.05) is 34.3 Å². The maximum Gasteiger partial charge on any atom is 0.188 e. The molecule has 0 atom stereocenters. The number of hydrogen-bond acceptors (Lipinski definition) is 5. The molecule has 0 fully saturated rings. The van der Waals surface area contributed by atoms with Gasteiger partial charge in [-0.15, -0.1) is 0 Å². The average molecular weight is 288 g/mol. The summed E-state index contributed by atoms with van der Waals surface area (Å²) in [5, 5.41) is 6.03. The Morgan fingerprint density at radius 2 is 2.00 bits per heavy atom. The van der Waals surface area contributed by atoms with Crippen LogP contribution in [0.2, 0.25) is 0 Å². The molecule has 0 saturated heterocycles. The Hall–Kier alpha value is -1.98. The number of hydrogen-bond donors (Lipinski definition) is 1. The van der Waals surface area contributed by atoms with Gasteiger partial charge in [0, 0.05) is 24.9 Å². The van der Waals surface area contributed by atoms with Gasteiger partial charge in [0.25, 0.3) is 0 Å².